The highest BCUT2D eigenvalue weighted by atomic mass is 16.5. The van der Waals surface area contributed by atoms with E-state index in [-0.39, 0.29) is 5.91 Å². The second-order valence-corrected chi connectivity index (χ2v) is 4.47. The van der Waals surface area contributed by atoms with Crippen LogP contribution in [0.15, 0.2) is 36.4 Å². The number of esters is 1. The van der Waals surface area contributed by atoms with E-state index in [9.17, 15) is 9.59 Å². The van der Waals surface area contributed by atoms with Crippen LogP contribution in [0.25, 0.3) is 6.08 Å². The predicted molar refractivity (Wildman–Crippen MR) is 78.9 cm³/mol. The molecular formula is C16H21NO3. The van der Waals surface area contributed by atoms with E-state index in [2.05, 4.69) is 5.32 Å². The van der Waals surface area contributed by atoms with Crippen LogP contribution in [0.1, 0.15) is 31.7 Å². The van der Waals surface area contributed by atoms with Crippen molar-refractivity contribution in [2.24, 2.45) is 0 Å². The molecule has 0 aliphatic rings. The molecule has 0 bridgehead atoms. The van der Waals surface area contributed by atoms with Crippen molar-refractivity contribution in [3.63, 3.8) is 0 Å². The van der Waals surface area contributed by atoms with Crippen LogP contribution in [0.4, 0.5) is 0 Å². The molecule has 0 saturated carbocycles. The molecule has 1 aromatic rings. The first-order valence-electron chi connectivity index (χ1n) is 6.78. The summed E-state index contributed by atoms with van der Waals surface area (Å²) in [7, 11) is 1.33. The predicted octanol–water partition coefficient (Wildman–Crippen LogP) is 2.55. The molecule has 4 heteroatoms. The number of nitrogens with one attached hydrogen (secondary N) is 1. The van der Waals surface area contributed by atoms with E-state index in [1.807, 2.05) is 37.3 Å². The first-order valence-corrected chi connectivity index (χ1v) is 6.78. The van der Waals surface area contributed by atoms with Crippen LogP contribution in [-0.4, -0.2) is 25.0 Å². The zero-order chi connectivity index (χ0) is 14.8. The molecule has 1 aromatic carbocycles. The second-order valence-electron chi connectivity index (χ2n) is 4.47. The number of unbranched alkanes of at least 4 members (excludes halogenated alkanes) is 1. The van der Waals surface area contributed by atoms with Gasteiger partial charge in [-0.2, -0.15) is 0 Å². The standard InChI is InChI=1S/C16H21NO3/c1-3-4-10-14(16(19)20-2)17-15(18)12-11-13-8-6-5-7-9-13/h5-9,11-12,14H,3-4,10H2,1-2H3,(H,17,18). The lowest BCUT2D eigenvalue weighted by Crippen LogP contribution is -2.40. The Morgan fingerprint density at radius 1 is 1.30 bits per heavy atom. The molecule has 1 atom stereocenters. The average molecular weight is 275 g/mol. The molecule has 1 N–H and O–H groups in total. The Balaban J connectivity index is 2.57. The van der Waals surface area contributed by atoms with Gasteiger partial charge in [0.2, 0.25) is 5.91 Å². The summed E-state index contributed by atoms with van der Waals surface area (Å²) in [5.74, 6) is -0.694. The number of hydrogen-bond donors (Lipinski definition) is 1. The second kappa shape index (κ2) is 8.91. The number of carbonyl (C=O) groups excluding carboxylic acids is 2. The van der Waals surface area contributed by atoms with Crippen LogP contribution in [0.5, 0.6) is 0 Å². The molecule has 0 saturated heterocycles. The van der Waals surface area contributed by atoms with E-state index in [4.69, 9.17) is 4.74 Å². The minimum Gasteiger partial charge on any atom is -0.467 e. The van der Waals surface area contributed by atoms with Gasteiger partial charge in [0, 0.05) is 6.08 Å². The topological polar surface area (TPSA) is 55.4 Å². The van der Waals surface area contributed by atoms with Crippen molar-refractivity contribution < 1.29 is 14.3 Å². The summed E-state index contributed by atoms with van der Waals surface area (Å²) in [5.41, 5.74) is 0.936. The molecule has 20 heavy (non-hydrogen) atoms. The number of ether oxygens (including phenoxy) is 1. The molecule has 1 amide bonds. The van der Waals surface area contributed by atoms with Gasteiger partial charge < -0.3 is 10.1 Å². The van der Waals surface area contributed by atoms with Crippen molar-refractivity contribution in [2.45, 2.75) is 32.2 Å². The Kier molecular flexibility index (Phi) is 7.11. The Bertz CT molecular complexity index is 454. The molecule has 0 spiro atoms. The summed E-state index contributed by atoms with van der Waals surface area (Å²) < 4.78 is 4.70. The fraction of sp³-hybridized carbons (Fsp3) is 0.375. The maximum absolute atomic E-state index is 11.8. The zero-order valence-corrected chi connectivity index (χ0v) is 12.0. The third-order valence-corrected chi connectivity index (χ3v) is 2.88. The minimum atomic E-state index is -0.576. The SMILES string of the molecule is CCCCC(NC(=O)C=Cc1ccccc1)C(=O)OC. The third-order valence-electron chi connectivity index (χ3n) is 2.88. The largest absolute Gasteiger partial charge is 0.467 e. The molecule has 0 aliphatic carbocycles. The Morgan fingerprint density at radius 2 is 2.00 bits per heavy atom. The summed E-state index contributed by atoms with van der Waals surface area (Å²) in [6.45, 7) is 2.03. The number of rotatable bonds is 7. The summed E-state index contributed by atoms with van der Waals surface area (Å²) in [5, 5.41) is 2.67. The smallest absolute Gasteiger partial charge is 0.328 e. The van der Waals surface area contributed by atoms with E-state index in [1.54, 1.807) is 6.08 Å². The maximum Gasteiger partial charge on any atom is 0.328 e. The van der Waals surface area contributed by atoms with Gasteiger partial charge in [0.1, 0.15) is 6.04 Å². The van der Waals surface area contributed by atoms with Crippen LogP contribution < -0.4 is 5.32 Å². The maximum atomic E-state index is 11.8. The van der Waals surface area contributed by atoms with Gasteiger partial charge in [-0.15, -0.1) is 0 Å². The van der Waals surface area contributed by atoms with Gasteiger partial charge in [-0.1, -0.05) is 50.1 Å². The molecule has 0 radical (unpaired) electrons. The molecule has 0 aliphatic heterocycles. The Morgan fingerprint density at radius 3 is 2.60 bits per heavy atom. The van der Waals surface area contributed by atoms with Gasteiger partial charge in [0.15, 0.2) is 0 Å². The van der Waals surface area contributed by atoms with Crippen molar-refractivity contribution in [3.8, 4) is 0 Å². The lowest BCUT2D eigenvalue weighted by Gasteiger charge is -2.14. The monoisotopic (exact) mass is 275 g/mol. The number of benzene rings is 1. The van der Waals surface area contributed by atoms with Crippen molar-refractivity contribution in [1.82, 2.24) is 5.32 Å². The normalized spacial score (nSPS) is 12.1. The van der Waals surface area contributed by atoms with Crippen LogP contribution in [0, 0.1) is 0 Å². The van der Waals surface area contributed by atoms with Crippen molar-refractivity contribution in [1.29, 1.82) is 0 Å². The molecule has 0 fully saturated rings. The van der Waals surface area contributed by atoms with E-state index in [0.29, 0.717) is 6.42 Å². The van der Waals surface area contributed by atoms with Crippen molar-refractivity contribution >= 4 is 18.0 Å². The fourth-order valence-electron chi connectivity index (χ4n) is 1.76. The summed E-state index contributed by atoms with van der Waals surface area (Å²) in [6.07, 6.45) is 5.56. The number of hydrogen-bond acceptors (Lipinski definition) is 3. The zero-order valence-electron chi connectivity index (χ0n) is 12.0. The highest BCUT2D eigenvalue weighted by molar-refractivity contribution is 5.94. The van der Waals surface area contributed by atoms with Gasteiger partial charge in [0.25, 0.3) is 0 Å². The molecule has 4 nitrogen and oxygen atoms in total. The Labute approximate surface area is 119 Å². The van der Waals surface area contributed by atoms with E-state index >= 15 is 0 Å². The van der Waals surface area contributed by atoms with Gasteiger partial charge in [-0.05, 0) is 18.1 Å². The van der Waals surface area contributed by atoms with Gasteiger partial charge in [-0.25, -0.2) is 4.79 Å². The van der Waals surface area contributed by atoms with Crippen LogP contribution in [-0.2, 0) is 14.3 Å². The number of carbonyl (C=O) groups is 2. The molecule has 0 aromatic heterocycles. The minimum absolute atomic E-state index is 0.291. The average Bonchev–Trinajstić information content (AvgIpc) is 2.49. The first-order chi connectivity index (χ1) is 9.67. The highest BCUT2D eigenvalue weighted by Gasteiger charge is 2.19. The third kappa shape index (κ3) is 5.69. The van der Waals surface area contributed by atoms with Crippen LogP contribution >= 0.6 is 0 Å². The summed E-state index contributed by atoms with van der Waals surface area (Å²) in [4.78, 5) is 23.4. The van der Waals surface area contributed by atoms with Crippen molar-refractivity contribution in [2.75, 3.05) is 7.11 Å². The molecule has 0 heterocycles. The van der Waals surface area contributed by atoms with Crippen LogP contribution in [0.2, 0.25) is 0 Å². The lowest BCUT2D eigenvalue weighted by atomic mass is 10.1. The van der Waals surface area contributed by atoms with E-state index in [0.717, 1.165) is 18.4 Å². The quantitative estimate of drug-likeness (QED) is 0.614. The van der Waals surface area contributed by atoms with Crippen molar-refractivity contribution in [3.05, 3.63) is 42.0 Å². The van der Waals surface area contributed by atoms with E-state index in [1.165, 1.54) is 13.2 Å². The lowest BCUT2D eigenvalue weighted by molar-refractivity contribution is -0.144. The molecule has 1 rings (SSSR count). The summed E-state index contributed by atoms with van der Waals surface area (Å²) >= 11 is 0. The number of methoxy groups -OCH3 is 1. The number of amides is 1. The fourth-order valence-corrected chi connectivity index (χ4v) is 1.76. The van der Waals surface area contributed by atoms with Gasteiger partial charge in [0.05, 0.1) is 7.11 Å². The van der Waals surface area contributed by atoms with Gasteiger partial charge >= 0.3 is 5.97 Å². The molecular weight excluding hydrogens is 254 g/mol. The van der Waals surface area contributed by atoms with Gasteiger partial charge in [-0.3, -0.25) is 4.79 Å². The first kappa shape index (κ1) is 16.0. The van der Waals surface area contributed by atoms with Crippen LogP contribution in [0.3, 0.4) is 0 Å². The van der Waals surface area contributed by atoms with E-state index < -0.39 is 12.0 Å². The summed E-state index contributed by atoms with van der Waals surface area (Å²) in [6, 6.07) is 8.94. The molecule has 108 valence electrons. The molecule has 1 unspecified atom stereocenters. The highest BCUT2D eigenvalue weighted by Crippen LogP contribution is 2.04. The Hall–Kier alpha value is -2.10.